The summed E-state index contributed by atoms with van der Waals surface area (Å²) in [4.78, 5) is 10.5. The zero-order valence-electron chi connectivity index (χ0n) is 26.4. The number of aromatic nitrogens is 2. The molecule has 1 aromatic heterocycles. The highest BCUT2D eigenvalue weighted by Gasteiger charge is 2.40. The monoisotopic (exact) mass is 600 g/mol. The van der Waals surface area contributed by atoms with Gasteiger partial charge in [0.1, 0.15) is 0 Å². The van der Waals surface area contributed by atoms with Crippen molar-refractivity contribution in [3.8, 4) is 56.2 Å². The van der Waals surface area contributed by atoms with Gasteiger partial charge >= 0.3 is 0 Å². The molecule has 0 fully saturated rings. The maximum Gasteiger partial charge on any atom is 0.160 e. The third kappa shape index (κ3) is 4.40. The SMILES string of the molecule is CC1(C)c2ccccc2-c2nc(-c3ccccc3)nc(-c3cccc(-c4cccc(-c5cc6ccccc6c6ccccc56)c4)c3)c21. The molecule has 0 saturated heterocycles. The lowest BCUT2D eigenvalue weighted by Gasteiger charge is -2.24. The average molecular weight is 601 g/mol. The van der Waals surface area contributed by atoms with Crippen LogP contribution in [0.15, 0.2) is 158 Å². The molecular weight excluding hydrogens is 569 g/mol. The molecule has 2 heteroatoms. The number of fused-ring (bicyclic) bond motifs is 6. The molecular formula is C45H32N2. The van der Waals surface area contributed by atoms with E-state index in [0.717, 1.165) is 33.9 Å². The quantitative estimate of drug-likeness (QED) is 0.188. The van der Waals surface area contributed by atoms with Gasteiger partial charge in [-0.3, -0.25) is 0 Å². The van der Waals surface area contributed by atoms with Gasteiger partial charge in [-0.15, -0.1) is 0 Å². The van der Waals surface area contributed by atoms with E-state index in [0.29, 0.717) is 0 Å². The van der Waals surface area contributed by atoms with Gasteiger partial charge in [-0.25, -0.2) is 9.97 Å². The maximum atomic E-state index is 5.32. The molecule has 1 heterocycles. The number of hydrogen-bond donors (Lipinski definition) is 0. The second-order valence-corrected chi connectivity index (χ2v) is 13.0. The number of hydrogen-bond acceptors (Lipinski definition) is 2. The van der Waals surface area contributed by atoms with Crippen LogP contribution in [0.4, 0.5) is 0 Å². The molecule has 222 valence electrons. The molecule has 1 aliphatic carbocycles. The Morgan fingerprint density at radius 3 is 1.79 bits per heavy atom. The summed E-state index contributed by atoms with van der Waals surface area (Å²) in [6, 6.07) is 56.6. The van der Waals surface area contributed by atoms with Crippen LogP contribution in [-0.2, 0) is 5.41 Å². The largest absolute Gasteiger partial charge is 0.228 e. The Morgan fingerprint density at radius 1 is 0.404 bits per heavy atom. The summed E-state index contributed by atoms with van der Waals surface area (Å²) < 4.78 is 0. The van der Waals surface area contributed by atoms with Gasteiger partial charge < -0.3 is 0 Å². The molecule has 0 spiro atoms. The standard InChI is InChI=1S/C45H32N2/c1-45(2)40-25-11-10-24-38(40)43-41(45)42(46-44(47-43)29-14-4-3-5-15-29)34-20-13-18-31(27-34)30-17-12-19-32(26-30)39-28-33-16-6-7-21-35(33)36-22-8-9-23-37(36)39/h3-28H,1-2H3. The van der Waals surface area contributed by atoms with Crippen molar-refractivity contribution >= 4 is 21.5 Å². The van der Waals surface area contributed by atoms with Crippen molar-refractivity contribution in [1.82, 2.24) is 9.97 Å². The minimum atomic E-state index is -0.233. The van der Waals surface area contributed by atoms with E-state index in [4.69, 9.17) is 9.97 Å². The lowest BCUT2D eigenvalue weighted by molar-refractivity contribution is 0.658. The molecule has 0 N–H and O–H groups in total. The summed E-state index contributed by atoms with van der Waals surface area (Å²) in [5, 5.41) is 5.09. The van der Waals surface area contributed by atoms with Crippen molar-refractivity contribution in [3.05, 3.63) is 169 Å². The van der Waals surface area contributed by atoms with Crippen LogP contribution >= 0.6 is 0 Å². The molecule has 47 heavy (non-hydrogen) atoms. The smallest absolute Gasteiger partial charge is 0.160 e. The summed E-state index contributed by atoms with van der Waals surface area (Å²) >= 11 is 0. The molecule has 9 rings (SSSR count). The van der Waals surface area contributed by atoms with Crippen molar-refractivity contribution in [1.29, 1.82) is 0 Å². The van der Waals surface area contributed by atoms with Crippen molar-refractivity contribution in [2.75, 3.05) is 0 Å². The molecule has 2 nitrogen and oxygen atoms in total. The third-order valence-corrected chi connectivity index (χ3v) is 9.83. The minimum Gasteiger partial charge on any atom is -0.228 e. The van der Waals surface area contributed by atoms with Crippen LogP contribution in [0.5, 0.6) is 0 Å². The van der Waals surface area contributed by atoms with Crippen LogP contribution < -0.4 is 0 Å². The van der Waals surface area contributed by atoms with Gasteiger partial charge in [0, 0.05) is 27.7 Å². The predicted octanol–water partition coefficient (Wildman–Crippen LogP) is 11.8. The highest BCUT2D eigenvalue weighted by molar-refractivity contribution is 6.13. The summed E-state index contributed by atoms with van der Waals surface area (Å²) in [7, 11) is 0. The normalized spacial score (nSPS) is 13.1. The highest BCUT2D eigenvalue weighted by atomic mass is 14.9. The fourth-order valence-corrected chi connectivity index (χ4v) is 7.55. The van der Waals surface area contributed by atoms with E-state index in [1.807, 2.05) is 6.07 Å². The van der Waals surface area contributed by atoms with Crippen LogP contribution in [0.1, 0.15) is 25.0 Å². The lowest BCUT2D eigenvalue weighted by atomic mass is 9.80. The average Bonchev–Trinajstić information content (AvgIpc) is 3.37. The van der Waals surface area contributed by atoms with E-state index in [-0.39, 0.29) is 5.41 Å². The van der Waals surface area contributed by atoms with Crippen LogP contribution in [0.2, 0.25) is 0 Å². The van der Waals surface area contributed by atoms with Gasteiger partial charge in [-0.2, -0.15) is 0 Å². The van der Waals surface area contributed by atoms with Gasteiger partial charge in [0.05, 0.1) is 11.4 Å². The van der Waals surface area contributed by atoms with E-state index < -0.39 is 0 Å². The lowest BCUT2D eigenvalue weighted by Crippen LogP contribution is -2.17. The number of benzene rings is 7. The molecule has 0 atom stereocenters. The van der Waals surface area contributed by atoms with Crippen molar-refractivity contribution in [3.63, 3.8) is 0 Å². The second kappa shape index (κ2) is 10.6. The zero-order valence-corrected chi connectivity index (χ0v) is 26.4. The van der Waals surface area contributed by atoms with Gasteiger partial charge in [0.15, 0.2) is 5.82 Å². The van der Waals surface area contributed by atoms with Crippen LogP contribution in [-0.4, -0.2) is 9.97 Å². The van der Waals surface area contributed by atoms with Gasteiger partial charge in [0.25, 0.3) is 0 Å². The van der Waals surface area contributed by atoms with Crippen LogP contribution in [0.3, 0.4) is 0 Å². The molecule has 0 radical (unpaired) electrons. The molecule has 0 aliphatic heterocycles. The van der Waals surface area contributed by atoms with Crippen LogP contribution in [0.25, 0.3) is 77.7 Å². The molecule has 7 aromatic carbocycles. The molecule has 8 aromatic rings. The minimum absolute atomic E-state index is 0.233. The topological polar surface area (TPSA) is 25.8 Å². The van der Waals surface area contributed by atoms with Gasteiger partial charge in [-0.1, -0.05) is 153 Å². The predicted molar refractivity (Wildman–Crippen MR) is 196 cm³/mol. The first-order valence-corrected chi connectivity index (χ1v) is 16.3. The fraction of sp³-hybridized carbons (Fsp3) is 0.0667. The van der Waals surface area contributed by atoms with E-state index in [9.17, 15) is 0 Å². The molecule has 0 amide bonds. The first-order valence-electron chi connectivity index (χ1n) is 16.3. The summed E-state index contributed by atoms with van der Waals surface area (Å²) in [6.07, 6.45) is 0. The highest BCUT2D eigenvalue weighted by Crippen LogP contribution is 2.51. The number of rotatable bonds is 4. The maximum absolute atomic E-state index is 5.32. The van der Waals surface area contributed by atoms with E-state index >= 15 is 0 Å². The van der Waals surface area contributed by atoms with Gasteiger partial charge in [0.2, 0.25) is 0 Å². The third-order valence-electron chi connectivity index (χ3n) is 9.83. The van der Waals surface area contributed by atoms with E-state index in [2.05, 4.69) is 166 Å². The van der Waals surface area contributed by atoms with Crippen molar-refractivity contribution < 1.29 is 0 Å². The van der Waals surface area contributed by atoms with Crippen LogP contribution in [0, 0.1) is 0 Å². The first-order chi connectivity index (χ1) is 23.1. The Bertz CT molecular complexity index is 2490. The van der Waals surface area contributed by atoms with Crippen molar-refractivity contribution in [2.24, 2.45) is 0 Å². The Balaban J connectivity index is 1.21. The summed E-state index contributed by atoms with van der Waals surface area (Å²) in [6.45, 7) is 4.60. The Hall–Kier alpha value is -5.86. The molecule has 0 bridgehead atoms. The zero-order chi connectivity index (χ0) is 31.5. The molecule has 1 aliphatic rings. The van der Waals surface area contributed by atoms with Gasteiger partial charge in [-0.05, 0) is 67.6 Å². The fourth-order valence-electron chi connectivity index (χ4n) is 7.55. The molecule has 0 unspecified atom stereocenters. The Morgan fingerprint density at radius 2 is 0.979 bits per heavy atom. The summed E-state index contributed by atoms with van der Waals surface area (Å²) in [5.41, 5.74) is 12.4. The summed E-state index contributed by atoms with van der Waals surface area (Å²) in [5.74, 6) is 0.752. The Labute approximate surface area is 275 Å². The second-order valence-electron chi connectivity index (χ2n) is 13.0. The first kappa shape index (κ1) is 27.5. The van der Waals surface area contributed by atoms with E-state index in [1.54, 1.807) is 0 Å². The van der Waals surface area contributed by atoms with E-state index in [1.165, 1.54) is 54.9 Å². The number of nitrogens with zero attached hydrogens (tertiary/aromatic N) is 2. The Kier molecular flexibility index (Phi) is 6.20. The van der Waals surface area contributed by atoms with Crippen molar-refractivity contribution in [2.45, 2.75) is 19.3 Å². The molecule has 0 saturated carbocycles.